The lowest BCUT2D eigenvalue weighted by molar-refractivity contribution is -0.384. The number of esters is 1. The van der Waals surface area contributed by atoms with Crippen LogP contribution >= 0.6 is 11.6 Å². The molecular formula is C21H22ClN3O5. The number of carbonyl (C=O) groups excluding carboxylic acids is 2. The molecule has 0 saturated carbocycles. The third-order valence-electron chi connectivity index (χ3n) is 4.84. The fourth-order valence-electron chi connectivity index (χ4n) is 3.33. The van der Waals surface area contributed by atoms with Crippen LogP contribution < -0.4 is 10.2 Å². The summed E-state index contributed by atoms with van der Waals surface area (Å²) in [7, 11) is 0. The molecule has 0 atom stereocenters. The number of aryl methyl sites for hydroxylation is 1. The van der Waals surface area contributed by atoms with Crippen LogP contribution in [-0.4, -0.2) is 36.5 Å². The first-order valence-corrected chi connectivity index (χ1v) is 9.99. The van der Waals surface area contributed by atoms with E-state index >= 15 is 0 Å². The topological polar surface area (TPSA) is 102 Å². The van der Waals surface area contributed by atoms with Crippen LogP contribution in [0.1, 0.15) is 35.2 Å². The molecule has 1 fully saturated rings. The van der Waals surface area contributed by atoms with Crippen LogP contribution in [0, 0.1) is 17.0 Å². The lowest BCUT2D eigenvalue weighted by Crippen LogP contribution is -2.31. The Morgan fingerprint density at radius 1 is 1.17 bits per heavy atom. The molecule has 0 spiro atoms. The number of nitro groups is 1. The van der Waals surface area contributed by atoms with Crippen molar-refractivity contribution < 1.29 is 19.2 Å². The molecular weight excluding hydrogens is 410 g/mol. The average Bonchev–Trinajstić information content (AvgIpc) is 2.74. The Labute approximate surface area is 178 Å². The van der Waals surface area contributed by atoms with Gasteiger partial charge in [0.25, 0.3) is 11.6 Å². The molecule has 1 aliphatic heterocycles. The van der Waals surface area contributed by atoms with E-state index in [0.29, 0.717) is 16.4 Å². The Balaban J connectivity index is 1.72. The monoisotopic (exact) mass is 431 g/mol. The number of anilines is 2. The van der Waals surface area contributed by atoms with Gasteiger partial charge in [-0.2, -0.15) is 0 Å². The number of nitro benzene ring substituents is 1. The van der Waals surface area contributed by atoms with Gasteiger partial charge >= 0.3 is 5.97 Å². The second kappa shape index (κ2) is 9.58. The Bertz CT molecular complexity index is 973. The van der Waals surface area contributed by atoms with Gasteiger partial charge in [-0.25, -0.2) is 4.79 Å². The maximum absolute atomic E-state index is 12.7. The van der Waals surface area contributed by atoms with Crippen molar-refractivity contribution in [2.45, 2.75) is 26.2 Å². The smallest absolute Gasteiger partial charge is 0.341 e. The summed E-state index contributed by atoms with van der Waals surface area (Å²) in [6, 6.07) is 9.28. The fraction of sp³-hybridized carbons (Fsp3) is 0.333. The second-order valence-electron chi connectivity index (χ2n) is 7.11. The summed E-state index contributed by atoms with van der Waals surface area (Å²) in [6.45, 7) is 2.85. The van der Waals surface area contributed by atoms with Crippen LogP contribution in [0.15, 0.2) is 36.4 Å². The van der Waals surface area contributed by atoms with E-state index in [1.807, 2.05) is 11.8 Å². The number of ether oxygens (including phenoxy) is 1. The van der Waals surface area contributed by atoms with Crippen molar-refractivity contribution in [1.29, 1.82) is 0 Å². The van der Waals surface area contributed by atoms with Crippen molar-refractivity contribution in [1.82, 2.24) is 0 Å². The van der Waals surface area contributed by atoms with Gasteiger partial charge in [0.15, 0.2) is 6.61 Å². The van der Waals surface area contributed by atoms with E-state index in [4.69, 9.17) is 16.3 Å². The number of benzene rings is 2. The third-order valence-corrected chi connectivity index (χ3v) is 5.15. The summed E-state index contributed by atoms with van der Waals surface area (Å²) >= 11 is 6.09. The summed E-state index contributed by atoms with van der Waals surface area (Å²) in [5, 5.41) is 14.1. The van der Waals surface area contributed by atoms with E-state index in [-0.39, 0.29) is 11.3 Å². The van der Waals surface area contributed by atoms with Gasteiger partial charge in [0.05, 0.1) is 26.9 Å². The van der Waals surface area contributed by atoms with Crippen LogP contribution in [-0.2, 0) is 9.53 Å². The lowest BCUT2D eigenvalue weighted by Gasteiger charge is -2.30. The molecule has 2 aromatic carbocycles. The maximum atomic E-state index is 12.7. The zero-order valence-electron chi connectivity index (χ0n) is 16.5. The van der Waals surface area contributed by atoms with E-state index < -0.39 is 23.4 Å². The highest BCUT2D eigenvalue weighted by Gasteiger charge is 2.23. The molecule has 1 aliphatic rings. The highest BCUT2D eigenvalue weighted by atomic mass is 35.5. The summed E-state index contributed by atoms with van der Waals surface area (Å²) in [6.07, 6.45) is 3.06. The lowest BCUT2D eigenvalue weighted by atomic mass is 10.1. The van der Waals surface area contributed by atoms with Gasteiger partial charge in [0.1, 0.15) is 0 Å². The van der Waals surface area contributed by atoms with Crippen molar-refractivity contribution in [3.05, 3.63) is 62.7 Å². The third kappa shape index (κ3) is 5.27. The molecule has 1 N–H and O–H groups in total. The molecule has 0 aliphatic carbocycles. The number of rotatable bonds is 6. The molecule has 3 rings (SSSR count). The van der Waals surface area contributed by atoms with E-state index in [9.17, 15) is 19.7 Å². The van der Waals surface area contributed by atoms with Gasteiger partial charge in [-0.05, 0) is 49.9 Å². The van der Waals surface area contributed by atoms with Crippen LogP contribution in [0.3, 0.4) is 0 Å². The molecule has 8 nitrogen and oxygen atoms in total. The highest BCUT2D eigenvalue weighted by molar-refractivity contribution is 6.33. The highest BCUT2D eigenvalue weighted by Crippen LogP contribution is 2.29. The minimum Gasteiger partial charge on any atom is -0.452 e. The number of hydrogen-bond donors (Lipinski definition) is 1. The molecule has 0 aromatic heterocycles. The number of non-ortho nitro benzene ring substituents is 1. The van der Waals surface area contributed by atoms with Crippen molar-refractivity contribution >= 4 is 40.5 Å². The van der Waals surface area contributed by atoms with Gasteiger partial charge < -0.3 is 15.0 Å². The van der Waals surface area contributed by atoms with Crippen LogP contribution in [0.25, 0.3) is 0 Å². The zero-order chi connectivity index (χ0) is 21.7. The molecule has 1 amide bonds. The van der Waals surface area contributed by atoms with Crippen molar-refractivity contribution in [2.75, 3.05) is 29.9 Å². The predicted molar refractivity (Wildman–Crippen MR) is 114 cm³/mol. The summed E-state index contributed by atoms with van der Waals surface area (Å²) < 4.78 is 5.15. The minimum atomic E-state index is -0.788. The van der Waals surface area contributed by atoms with Crippen molar-refractivity contribution in [2.24, 2.45) is 0 Å². The van der Waals surface area contributed by atoms with Crippen molar-refractivity contribution in [3.63, 3.8) is 0 Å². The maximum Gasteiger partial charge on any atom is 0.341 e. The normalized spacial score (nSPS) is 13.6. The number of piperidine rings is 1. The average molecular weight is 432 g/mol. The molecule has 2 aromatic rings. The van der Waals surface area contributed by atoms with E-state index in [1.165, 1.54) is 12.1 Å². The molecule has 9 heteroatoms. The number of hydrogen-bond acceptors (Lipinski definition) is 6. The van der Waals surface area contributed by atoms with Gasteiger partial charge in [0, 0.05) is 25.2 Å². The van der Waals surface area contributed by atoms with Crippen LogP contribution in [0.5, 0.6) is 0 Å². The largest absolute Gasteiger partial charge is 0.452 e. The second-order valence-corrected chi connectivity index (χ2v) is 7.52. The molecule has 0 bridgehead atoms. The van der Waals surface area contributed by atoms with Crippen molar-refractivity contribution in [3.8, 4) is 0 Å². The number of nitrogens with zero attached hydrogens (tertiary/aromatic N) is 2. The summed E-state index contributed by atoms with van der Waals surface area (Å²) in [5.74, 6) is -1.34. The first-order valence-electron chi connectivity index (χ1n) is 9.61. The van der Waals surface area contributed by atoms with E-state index in [1.54, 1.807) is 24.3 Å². The number of amides is 1. The summed E-state index contributed by atoms with van der Waals surface area (Å²) in [5.41, 5.74) is 1.80. The molecule has 30 heavy (non-hydrogen) atoms. The standard InChI is InChI=1S/C21H22ClN3O5/c1-14-5-7-18(17(22)11-14)23-20(26)13-30-21(27)16-12-15(25(28)29)6-8-19(16)24-9-3-2-4-10-24/h5-8,11-12H,2-4,9-10,13H2,1H3,(H,23,26). The van der Waals surface area contributed by atoms with E-state index in [0.717, 1.165) is 37.9 Å². The molecule has 1 saturated heterocycles. The Morgan fingerprint density at radius 3 is 2.57 bits per heavy atom. The number of nitrogens with one attached hydrogen (secondary N) is 1. The first kappa shape index (κ1) is 21.6. The van der Waals surface area contributed by atoms with Crippen LogP contribution in [0.2, 0.25) is 5.02 Å². The molecule has 1 heterocycles. The predicted octanol–water partition coefficient (Wildman–Crippen LogP) is 4.34. The fourth-order valence-corrected chi connectivity index (χ4v) is 3.61. The minimum absolute atomic E-state index is 0.0762. The molecule has 0 radical (unpaired) electrons. The van der Waals surface area contributed by atoms with E-state index in [2.05, 4.69) is 5.32 Å². The molecule has 0 unspecified atom stereocenters. The zero-order valence-corrected chi connectivity index (χ0v) is 17.3. The quantitative estimate of drug-likeness (QED) is 0.414. The van der Waals surface area contributed by atoms with Crippen LogP contribution in [0.4, 0.5) is 17.1 Å². The van der Waals surface area contributed by atoms with Gasteiger partial charge in [-0.1, -0.05) is 17.7 Å². The Morgan fingerprint density at radius 2 is 1.90 bits per heavy atom. The van der Waals surface area contributed by atoms with Gasteiger partial charge in [-0.3, -0.25) is 14.9 Å². The summed E-state index contributed by atoms with van der Waals surface area (Å²) in [4.78, 5) is 37.5. The number of carbonyl (C=O) groups is 2. The molecule has 158 valence electrons. The number of halogens is 1. The van der Waals surface area contributed by atoms with Gasteiger partial charge in [-0.15, -0.1) is 0 Å². The Hall–Kier alpha value is -3.13. The SMILES string of the molecule is Cc1ccc(NC(=O)COC(=O)c2cc([N+](=O)[O-])ccc2N2CCCCC2)c(Cl)c1. The Kier molecular flexibility index (Phi) is 6.89. The first-order chi connectivity index (χ1) is 14.3. The van der Waals surface area contributed by atoms with Gasteiger partial charge in [0.2, 0.25) is 0 Å².